The zero-order valence-electron chi connectivity index (χ0n) is 16.3. The van der Waals surface area contributed by atoms with Crippen LogP contribution in [0.2, 0.25) is 0 Å². The van der Waals surface area contributed by atoms with E-state index in [2.05, 4.69) is 31.1 Å². The molecule has 26 heavy (non-hydrogen) atoms. The van der Waals surface area contributed by atoms with E-state index in [1.807, 2.05) is 13.1 Å². The summed E-state index contributed by atoms with van der Waals surface area (Å²) in [4.78, 5) is 16.1. The number of carbonyl (C=O) groups is 1. The number of H-pyrrole nitrogens is 1. The summed E-state index contributed by atoms with van der Waals surface area (Å²) in [6, 6.07) is 4.81. The minimum absolute atomic E-state index is 0.0230. The van der Waals surface area contributed by atoms with E-state index >= 15 is 0 Å². The fraction of sp³-hybridized carbons (Fsp3) is 0.591. The van der Waals surface area contributed by atoms with Crippen LogP contribution in [-0.4, -0.2) is 16.9 Å². The van der Waals surface area contributed by atoms with E-state index in [0.717, 1.165) is 29.3 Å². The van der Waals surface area contributed by atoms with Crippen molar-refractivity contribution in [2.75, 3.05) is 0 Å². The number of hydrogen-bond donors (Lipinski definition) is 2. The molecule has 1 unspecified atom stereocenters. The van der Waals surface area contributed by atoms with Crippen molar-refractivity contribution in [1.82, 2.24) is 10.3 Å². The van der Waals surface area contributed by atoms with Gasteiger partial charge in [-0.2, -0.15) is 0 Å². The van der Waals surface area contributed by atoms with Gasteiger partial charge in [-0.1, -0.05) is 27.2 Å². The molecule has 1 heterocycles. The second-order valence-electron chi connectivity index (χ2n) is 8.55. The van der Waals surface area contributed by atoms with Gasteiger partial charge in [-0.25, -0.2) is 4.39 Å². The number of benzene rings is 1. The number of carbonyl (C=O) groups excluding carboxylic acids is 1. The molecule has 3 rings (SSSR count). The highest BCUT2D eigenvalue weighted by molar-refractivity contribution is 5.83. The minimum Gasteiger partial charge on any atom is -0.361 e. The van der Waals surface area contributed by atoms with Crippen LogP contribution in [0.25, 0.3) is 10.9 Å². The molecule has 1 saturated carbocycles. The molecule has 0 saturated heterocycles. The first-order chi connectivity index (χ1) is 12.3. The van der Waals surface area contributed by atoms with Gasteiger partial charge < -0.3 is 10.3 Å². The molecule has 4 atom stereocenters. The lowest BCUT2D eigenvalue weighted by atomic mass is 9.69. The van der Waals surface area contributed by atoms with Crippen LogP contribution < -0.4 is 5.32 Å². The highest BCUT2D eigenvalue weighted by Crippen LogP contribution is 2.38. The first-order valence-corrected chi connectivity index (χ1v) is 9.91. The molecular weight excluding hydrogens is 327 g/mol. The van der Waals surface area contributed by atoms with E-state index < -0.39 is 0 Å². The second-order valence-corrected chi connectivity index (χ2v) is 8.55. The van der Waals surface area contributed by atoms with Crippen molar-refractivity contribution in [3.63, 3.8) is 0 Å². The highest BCUT2D eigenvalue weighted by Gasteiger charge is 2.35. The van der Waals surface area contributed by atoms with Crippen molar-refractivity contribution >= 4 is 16.8 Å². The van der Waals surface area contributed by atoms with Gasteiger partial charge in [-0.05, 0) is 67.7 Å². The van der Waals surface area contributed by atoms with Crippen molar-refractivity contribution in [3.05, 3.63) is 35.8 Å². The quantitative estimate of drug-likeness (QED) is 0.771. The number of aromatic nitrogens is 1. The Morgan fingerprint density at radius 3 is 2.81 bits per heavy atom. The lowest BCUT2D eigenvalue weighted by Crippen LogP contribution is -2.44. The zero-order valence-corrected chi connectivity index (χ0v) is 16.3. The van der Waals surface area contributed by atoms with Crippen LogP contribution in [0.1, 0.15) is 52.5 Å². The molecule has 4 heteroatoms. The maximum Gasteiger partial charge on any atom is 0.223 e. The van der Waals surface area contributed by atoms with Crippen LogP contribution in [-0.2, 0) is 11.2 Å². The number of amides is 1. The highest BCUT2D eigenvalue weighted by atomic mass is 19.1. The molecule has 2 N–H and O–H groups in total. The fourth-order valence-electron chi connectivity index (χ4n) is 4.55. The number of halogens is 1. The van der Waals surface area contributed by atoms with Crippen molar-refractivity contribution in [3.8, 4) is 0 Å². The summed E-state index contributed by atoms with van der Waals surface area (Å²) in [5.74, 6) is 1.69. The summed E-state index contributed by atoms with van der Waals surface area (Å²) in [5, 5.41) is 4.13. The molecule has 1 aliphatic rings. The first-order valence-electron chi connectivity index (χ1n) is 9.91. The summed E-state index contributed by atoms with van der Waals surface area (Å²) in [5.41, 5.74) is 1.98. The molecule has 0 spiro atoms. The Morgan fingerprint density at radius 2 is 2.08 bits per heavy atom. The number of hydrogen-bond acceptors (Lipinski definition) is 1. The third-order valence-corrected chi connectivity index (χ3v) is 6.00. The number of fused-ring (bicyclic) bond motifs is 1. The first kappa shape index (κ1) is 18.9. The minimum atomic E-state index is -0.231. The van der Waals surface area contributed by atoms with Gasteiger partial charge in [0, 0.05) is 29.1 Å². The van der Waals surface area contributed by atoms with Gasteiger partial charge in [0.25, 0.3) is 0 Å². The molecule has 0 radical (unpaired) electrons. The molecule has 2 aromatic rings. The second kappa shape index (κ2) is 7.81. The Hall–Kier alpha value is -1.84. The molecule has 3 nitrogen and oxygen atoms in total. The van der Waals surface area contributed by atoms with Crippen LogP contribution in [0.15, 0.2) is 24.4 Å². The molecule has 142 valence electrons. The van der Waals surface area contributed by atoms with Gasteiger partial charge in [-0.3, -0.25) is 4.79 Å². The Balaban J connectivity index is 1.67. The normalized spacial score (nSPS) is 24.8. The largest absolute Gasteiger partial charge is 0.361 e. The SMILES string of the molecule is CC(Cc1c[nH]c2ccc(F)cc12)NC(=O)[C@@H]1C[C@H](C)CC[C@H]1C(C)C. The third-order valence-electron chi connectivity index (χ3n) is 6.00. The fourth-order valence-corrected chi connectivity index (χ4v) is 4.55. The lowest BCUT2D eigenvalue weighted by molar-refractivity contribution is -0.129. The average molecular weight is 359 g/mol. The molecule has 0 aliphatic heterocycles. The van der Waals surface area contributed by atoms with Gasteiger partial charge in [0.05, 0.1) is 0 Å². The van der Waals surface area contributed by atoms with E-state index in [-0.39, 0.29) is 23.7 Å². The van der Waals surface area contributed by atoms with Crippen LogP contribution in [0.3, 0.4) is 0 Å². The number of nitrogens with one attached hydrogen (secondary N) is 2. The van der Waals surface area contributed by atoms with Gasteiger partial charge in [-0.15, -0.1) is 0 Å². The third kappa shape index (κ3) is 4.11. The summed E-state index contributed by atoms with van der Waals surface area (Å²) in [7, 11) is 0. The van der Waals surface area contributed by atoms with Crippen LogP contribution in [0.5, 0.6) is 0 Å². The molecule has 1 aromatic carbocycles. The average Bonchev–Trinajstić information content (AvgIpc) is 2.96. The summed E-state index contributed by atoms with van der Waals surface area (Å²) >= 11 is 0. The molecule has 1 aromatic heterocycles. The van der Waals surface area contributed by atoms with Crippen molar-refractivity contribution in [2.45, 2.75) is 59.4 Å². The standard InChI is InChI=1S/C22H31FN2O/c1-13(2)18-7-5-14(3)9-20(18)22(26)25-15(4)10-16-12-24-21-8-6-17(23)11-19(16)21/h6,8,11-15,18,20,24H,5,7,9-10H2,1-4H3,(H,25,26)/t14-,15?,18+,20-/m1/s1. The van der Waals surface area contributed by atoms with Crippen LogP contribution >= 0.6 is 0 Å². The van der Waals surface area contributed by atoms with E-state index in [1.54, 1.807) is 12.1 Å². The van der Waals surface area contributed by atoms with Crippen LogP contribution in [0.4, 0.5) is 4.39 Å². The smallest absolute Gasteiger partial charge is 0.223 e. The van der Waals surface area contributed by atoms with Crippen LogP contribution in [0, 0.1) is 29.5 Å². The van der Waals surface area contributed by atoms with Gasteiger partial charge in [0.1, 0.15) is 5.82 Å². The van der Waals surface area contributed by atoms with Crippen molar-refractivity contribution in [2.24, 2.45) is 23.7 Å². The van der Waals surface area contributed by atoms with Gasteiger partial charge >= 0.3 is 0 Å². The van der Waals surface area contributed by atoms with Gasteiger partial charge in [0.2, 0.25) is 5.91 Å². The predicted molar refractivity (Wildman–Crippen MR) is 104 cm³/mol. The topological polar surface area (TPSA) is 44.9 Å². The maximum atomic E-state index is 13.6. The molecular formula is C22H31FN2O. The maximum absolute atomic E-state index is 13.6. The summed E-state index contributed by atoms with van der Waals surface area (Å²) in [6.07, 6.45) is 5.98. The lowest BCUT2D eigenvalue weighted by Gasteiger charge is -2.37. The van der Waals surface area contributed by atoms with E-state index in [1.165, 1.54) is 12.5 Å². The summed E-state index contributed by atoms with van der Waals surface area (Å²) < 4.78 is 13.6. The van der Waals surface area contributed by atoms with Crippen molar-refractivity contribution < 1.29 is 9.18 Å². The van der Waals surface area contributed by atoms with Crippen molar-refractivity contribution in [1.29, 1.82) is 0 Å². The van der Waals surface area contributed by atoms with E-state index in [4.69, 9.17) is 0 Å². The Bertz CT molecular complexity index is 767. The number of rotatable bonds is 5. The number of aromatic amines is 1. The molecule has 1 aliphatic carbocycles. The predicted octanol–water partition coefficient (Wildman–Crippen LogP) is 5.06. The Kier molecular flexibility index (Phi) is 5.69. The Morgan fingerprint density at radius 1 is 1.31 bits per heavy atom. The molecule has 1 amide bonds. The summed E-state index contributed by atoms with van der Waals surface area (Å²) in [6.45, 7) is 8.74. The van der Waals surface area contributed by atoms with E-state index in [0.29, 0.717) is 24.2 Å². The zero-order chi connectivity index (χ0) is 18.8. The molecule has 1 fully saturated rings. The Labute approximate surface area is 155 Å². The van der Waals surface area contributed by atoms with Gasteiger partial charge in [0.15, 0.2) is 0 Å². The monoisotopic (exact) mass is 358 g/mol. The molecule has 0 bridgehead atoms. The van der Waals surface area contributed by atoms with E-state index in [9.17, 15) is 9.18 Å².